The van der Waals surface area contributed by atoms with Crippen LogP contribution in [0.25, 0.3) is 0 Å². The SMILES string of the molecule is Cl.Cl.c1c(CN2CCN(C3CCSCC3)CC2)nn2c1CNCCC2. The minimum Gasteiger partial charge on any atom is -0.311 e. The minimum absolute atomic E-state index is 0. The molecule has 5 nitrogen and oxygen atoms in total. The summed E-state index contributed by atoms with van der Waals surface area (Å²) in [6.07, 6.45) is 3.98. The van der Waals surface area contributed by atoms with Gasteiger partial charge in [0.05, 0.1) is 11.4 Å². The molecule has 3 aliphatic rings. The van der Waals surface area contributed by atoms with Gasteiger partial charge in [-0.1, -0.05) is 0 Å². The molecule has 1 aromatic rings. The van der Waals surface area contributed by atoms with Crippen LogP contribution in [0, 0.1) is 0 Å². The maximum atomic E-state index is 4.83. The van der Waals surface area contributed by atoms with Crippen LogP contribution in [0.2, 0.25) is 0 Å². The van der Waals surface area contributed by atoms with Crippen molar-refractivity contribution in [2.75, 3.05) is 44.2 Å². The van der Waals surface area contributed by atoms with Gasteiger partial charge < -0.3 is 5.32 Å². The van der Waals surface area contributed by atoms with Crippen LogP contribution in [0.3, 0.4) is 0 Å². The first-order valence-corrected chi connectivity index (χ1v) is 10.3. The Morgan fingerprint density at radius 1 is 1.08 bits per heavy atom. The van der Waals surface area contributed by atoms with E-state index in [1.165, 1.54) is 68.3 Å². The van der Waals surface area contributed by atoms with Gasteiger partial charge in [0, 0.05) is 51.9 Å². The topological polar surface area (TPSA) is 36.3 Å². The molecule has 3 aliphatic heterocycles. The molecule has 0 bridgehead atoms. The Morgan fingerprint density at radius 2 is 1.84 bits per heavy atom. The highest BCUT2D eigenvalue weighted by Crippen LogP contribution is 2.23. The van der Waals surface area contributed by atoms with E-state index in [0.717, 1.165) is 32.2 Å². The van der Waals surface area contributed by atoms with Crippen LogP contribution >= 0.6 is 36.6 Å². The van der Waals surface area contributed by atoms with Gasteiger partial charge in [0.2, 0.25) is 0 Å². The van der Waals surface area contributed by atoms with Gasteiger partial charge >= 0.3 is 0 Å². The van der Waals surface area contributed by atoms with Crippen LogP contribution in [0.15, 0.2) is 6.07 Å². The van der Waals surface area contributed by atoms with E-state index < -0.39 is 0 Å². The number of fused-ring (bicyclic) bond motifs is 1. The first kappa shape index (κ1) is 21.3. The lowest BCUT2D eigenvalue weighted by atomic mass is 10.1. The molecule has 1 N–H and O–H groups in total. The highest BCUT2D eigenvalue weighted by Gasteiger charge is 2.25. The number of aryl methyl sites for hydroxylation is 1. The molecule has 0 spiro atoms. The summed E-state index contributed by atoms with van der Waals surface area (Å²) in [5.41, 5.74) is 2.61. The summed E-state index contributed by atoms with van der Waals surface area (Å²) in [6.45, 7) is 9.05. The molecule has 0 aliphatic carbocycles. The van der Waals surface area contributed by atoms with E-state index in [4.69, 9.17) is 5.10 Å². The van der Waals surface area contributed by atoms with E-state index in [0.29, 0.717) is 0 Å². The van der Waals surface area contributed by atoms with Crippen LogP contribution in [0.4, 0.5) is 0 Å². The second kappa shape index (κ2) is 10.4. The normalized spacial score (nSPS) is 23.2. The number of nitrogens with zero attached hydrogens (tertiary/aromatic N) is 4. The zero-order valence-corrected chi connectivity index (χ0v) is 17.3. The zero-order valence-electron chi connectivity index (χ0n) is 14.9. The Morgan fingerprint density at radius 3 is 2.60 bits per heavy atom. The van der Waals surface area contributed by atoms with Gasteiger partial charge in [-0.25, -0.2) is 0 Å². The third-order valence-electron chi connectivity index (χ3n) is 5.44. The number of aromatic nitrogens is 2. The Balaban J connectivity index is 0.00000113. The molecule has 4 heterocycles. The fourth-order valence-corrected chi connectivity index (χ4v) is 5.15. The molecule has 144 valence electrons. The van der Waals surface area contributed by atoms with Crippen molar-refractivity contribution in [1.82, 2.24) is 24.9 Å². The van der Waals surface area contributed by atoms with E-state index in [9.17, 15) is 0 Å². The average Bonchev–Trinajstić information content (AvgIpc) is 2.85. The van der Waals surface area contributed by atoms with Gasteiger partial charge in [-0.15, -0.1) is 24.8 Å². The Kier molecular flexibility index (Phi) is 8.85. The lowest BCUT2D eigenvalue weighted by molar-refractivity contribution is 0.0871. The van der Waals surface area contributed by atoms with Gasteiger partial charge in [0.15, 0.2) is 0 Å². The van der Waals surface area contributed by atoms with Gasteiger partial charge in [0.1, 0.15) is 0 Å². The molecule has 2 fully saturated rings. The lowest BCUT2D eigenvalue weighted by Crippen LogP contribution is -2.50. The second-order valence-corrected chi connectivity index (χ2v) is 8.26. The molecule has 4 rings (SSSR count). The van der Waals surface area contributed by atoms with E-state index in [1.54, 1.807) is 0 Å². The number of hydrogen-bond acceptors (Lipinski definition) is 5. The number of hydrogen-bond donors (Lipinski definition) is 1. The van der Waals surface area contributed by atoms with Crippen LogP contribution in [-0.4, -0.2) is 69.9 Å². The van der Waals surface area contributed by atoms with Gasteiger partial charge in [-0.3, -0.25) is 14.5 Å². The molecule has 0 amide bonds. The Hall–Kier alpha value is 0.0200. The van der Waals surface area contributed by atoms with Crippen molar-refractivity contribution in [2.24, 2.45) is 0 Å². The second-order valence-electron chi connectivity index (χ2n) is 7.04. The van der Waals surface area contributed by atoms with Crippen molar-refractivity contribution in [3.63, 3.8) is 0 Å². The number of rotatable bonds is 3. The van der Waals surface area contributed by atoms with Crippen molar-refractivity contribution >= 4 is 36.6 Å². The summed E-state index contributed by atoms with van der Waals surface area (Å²) in [4.78, 5) is 5.33. The first-order chi connectivity index (χ1) is 11.4. The van der Waals surface area contributed by atoms with E-state index in [1.807, 2.05) is 0 Å². The summed E-state index contributed by atoms with van der Waals surface area (Å²) < 4.78 is 2.21. The van der Waals surface area contributed by atoms with Crippen molar-refractivity contribution < 1.29 is 0 Å². The predicted octanol–water partition coefficient (Wildman–Crippen LogP) is 2.23. The molecular weight excluding hydrogens is 377 g/mol. The van der Waals surface area contributed by atoms with Crippen LogP contribution in [0.1, 0.15) is 30.7 Å². The van der Waals surface area contributed by atoms with Crippen LogP contribution in [0.5, 0.6) is 0 Å². The molecule has 0 radical (unpaired) electrons. The van der Waals surface area contributed by atoms with Crippen LogP contribution < -0.4 is 5.32 Å². The van der Waals surface area contributed by atoms with E-state index in [-0.39, 0.29) is 24.8 Å². The van der Waals surface area contributed by atoms with Crippen molar-refractivity contribution in [3.05, 3.63) is 17.5 Å². The molecule has 25 heavy (non-hydrogen) atoms. The van der Waals surface area contributed by atoms with Crippen molar-refractivity contribution in [3.8, 4) is 0 Å². The highest BCUT2D eigenvalue weighted by atomic mass is 35.5. The molecule has 0 aromatic carbocycles. The average molecular weight is 408 g/mol. The summed E-state index contributed by atoms with van der Waals surface area (Å²) in [5.74, 6) is 2.72. The summed E-state index contributed by atoms with van der Waals surface area (Å²) in [7, 11) is 0. The van der Waals surface area contributed by atoms with Crippen molar-refractivity contribution in [1.29, 1.82) is 0 Å². The third kappa shape index (κ3) is 5.50. The molecule has 0 saturated carbocycles. The zero-order chi connectivity index (χ0) is 15.5. The predicted molar refractivity (Wildman–Crippen MR) is 110 cm³/mol. The van der Waals surface area contributed by atoms with E-state index >= 15 is 0 Å². The fraction of sp³-hybridized carbons (Fsp3) is 0.824. The van der Waals surface area contributed by atoms with Crippen LogP contribution in [-0.2, 0) is 19.6 Å². The number of nitrogens with one attached hydrogen (secondary N) is 1. The minimum atomic E-state index is 0. The van der Waals surface area contributed by atoms with Gasteiger partial charge in [-0.2, -0.15) is 16.9 Å². The first-order valence-electron chi connectivity index (χ1n) is 9.19. The molecule has 0 unspecified atom stereocenters. The standard InChI is InChI=1S/C17H29N5S.2ClH/c1-4-18-13-17-12-15(19-22(17)5-1)14-20-6-8-21(9-7-20)16-2-10-23-11-3-16;;/h12,16,18H,1-11,13-14H2;2*1H. The maximum absolute atomic E-state index is 4.83. The summed E-state index contributed by atoms with van der Waals surface area (Å²) >= 11 is 2.13. The van der Waals surface area contributed by atoms with Crippen molar-refractivity contribution in [2.45, 2.75) is 44.9 Å². The van der Waals surface area contributed by atoms with E-state index in [2.05, 4.69) is 37.6 Å². The summed E-state index contributed by atoms with van der Waals surface area (Å²) in [6, 6.07) is 3.16. The van der Waals surface area contributed by atoms with Gasteiger partial charge in [-0.05, 0) is 43.4 Å². The highest BCUT2D eigenvalue weighted by molar-refractivity contribution is 7.99. The molecule has 8 heteroatoms. The molecule has 2 saturated heterocycles. The fourth-order valence-electron chi connectivity index (χ4n) is 4.06. The molecule has 0 atom stereocenters. The monoisotopic (exact) mass is 407 g/mol. The third-order valence-corrected chi connectivity index (χ3v) is 6.49. The number of thioether (sulfide) groups is 1. The Bertz CT molecular complexity index is 490. The molecular formula is C17H31Cl2N5S. The Labute approximate surface area is 168 Å². The summed E-state index contributed by atoms with van der Waals surface area (Å²) in [5, 5.41) is 8.31. The number of halogens is 2. The smallest absolute Gasteiger partial charge is 0.0768 e. The largest absolute Gasteiger partial charge is 0.311 e. The van der Waals surface area contributed by atoms with Gasteiger partial charge in [0.25, 0.3) is 0 Å². The quantitative estimate of drug-likeness (QED) is 0.830. The molecule has 1 aromatic heterocycles. The lowest BCUT2D eigenvalue weighted by Gasteiger charge is -2.40. The number of piperazine rings is 1. The maximum Gasteiger partial charge on any atom is 0.0768 e.